The molecule has 1 N–H and O–H groups in total. The molecule has 2 unspecified atom stereocenters. The minimum atomic E-state index is 0.750. The predicted molar refractivity (Wildman–Crippen MR) is 56.4 cm³/mol. The van der Waals surface area contributed by atoms with Crippen molar-refractivity contribution >= 4 is 0 Å². The van der Waals surface area contributed by atoms with Crippen molar-refractivity contribution in [2.45, 2.75) is 59.4 Å². The maximum absolute atomic E-state index is 3.58. The van der Waals surface area contributed by atoms with Crippen LogP contribution in [0.5, 0.6) is 0 Å². The summed E-state index contributed by atoms with van der Waals surface area (Å²) in [5, 5.41) is 3.58. The standard InChI is InChI=1S/C11H25N/c1-5-8-12-11(7-3)9-10(4)6-2/h10-12H,5-9H2,1-4H3. The van der Waals surface area contributed by atoms with Crippen LogP contribution in [0, 0.1) is 5.92 Å². The molecule has 0 saturated heterocycles. The molecule has 1 heteroatoms. The summed E-state index contributed by atoms with van der Waals surface area (Å²) in [7, 11) is 0. The van der Waals surface area contributed by atoms with E-state index in [1.807, 2.05) is 0 Å². The monoisotopic (exact) mass is 171 g/mol. The van der Waals surface area contributed by atoms with E-state index in [1.165, 1.54) is 32.2 Å². The highest BCUT2D eigenvalue weighted by atomic mass is 14.9. The van der Waals surface area contributed by atoms with Crippen LogP contribution >= 0.6 is 0 Å². The summed E-state index contributed by atoms with van der Waals surface area (Å²) >= 11 is 0. The minimum absolute atomic E-state index is 0.750. The molecule has 0 saturated carbocycles. The summed E-state index contributed by atoms with van der Waals surface area (Å²) in [6.07, 6.45) is 5.17. The van der Waals surface area contributed by atoms with Crippen LogP contribution in [0.3, 0.4) is 0 Å². The first-order valence-corrected chi connectivity index (χ1v) is 5.47. The highest BCUT2D eigenvalue weighted by Gasteiger charge is 2.08. The second kappa shape index (κ2) is 7.60. The van der Waals surface area contributed by atoms with Crippen molar-refractivity contribution in [2.75, 3.05) is 6.54 Å². The molecule has 0 aromatic rings. The molecule has 2 atom stereocenters. The zero-order valence-electron chi connectivity index (χ0n) is 9.19. The van der Waals surface area contributed by atoms with E-state index in [0.29, 0.717) is 0 Å². The molecule has 0 aromatic heterocycles. The van der Waals surface area contributed by atoms with Crippen LogP contribution in [0.25, 0.3) is 0 Å². The van der Waals surface area contributed by atoms with Gasteiger partial charge in [0.25, 0.3) is 0 Å². The molecule has 1 nitrogen and oxygen atoms in total. The Morgan fingerprint density at radius 2 is 1.75 bits per heavy atom. The van der Waals surface area contributed by atoms with E-state index >= 15 is 0 Å². The van der Waals surface area contributed by atoms with E-state index in [4.69, 9.17) is 0 Å². The number of hydrogen-bond acceptors (Lipinski definition) is 1. The summed E-state index contributed by atoms with van der Waals surface area (Å²) in [5.74, 6) is 0.874. The van der Waals surface area contributed by atoms with Gasteiger partial charge in [0.05, 0.1) is 0 Å². The summed E-state index contributed by atoms with van der Waals surface area (Å²) in [6.45, 7) is 10.3. The van der Waals surface area contributed by atoms with Gasteiger partial charge < -0.3 is 5.32 Å². The smallest absolute Gasteiger partial charge is 0.00669 e. The second-order valence-corrected chi connectivity index (χ2v) is 3.81. The molecular weight excluding hydrogens is 146 g/mol. The van der Waals surface area contributed by atoms with Crippen molar-refractivity contribution in [1.82, 2.24) is 5.32 Å². The van der Waals surface area contributed by atoms with Crippen molar-refractivity contribution < 1.29 is 0 Å². The van der Waals surface area contributed by atoms with Crippen LogP contribution in [-0.2, 0) is 0 Å². The van der Waals surface area contributed by atoms with Gasteiger partial charge in [0, 0.05) is 6.04 Å². The number of rotatable bonds is 7. The topological polar surface area (TPSA) is 12.0 Å². The van der Waals surface area contributed by atoms with Gasteiger partial charge in [-0.05, 0) is 31.7 Å². The molecule has 0 radical (unpaired) electrons. The van der Waals surface area contributed by atoms with Crippen LogP contribution in [0.1, 0.15) is 53.4 Å². The van der Waals surface area contributed by atoms with Gasteiger partial charge in [-0.2, -0.15) is 0 Å². The van der Waals surface area contributed by atoms with Gasteiger partial charge in [0.15, 0.2) is 0 Å². The molecule has 0 bridgehead atoms. The Labute approximate surface area is 77.9 Å². The molecule has 0 aliphatic carbocycles. The first-order valence-electron chi connectivity index (χ1n) is 5.47. The Morgan fingerprint density at radius 1 is 1.08 bits per heavy atom. The van der Waals surface area contributed by atoms with Gasteiger partial charge in [-0.3, -0.25) is 0 Å². The molecule has 74 valence electrons. The third-order valence-corrected chi connectivity index (χ3v) is 2.56. The van der Waals surface area contributed by atoms with Crippen LogP contribution < -0.4 is 5.32 Å². The van der Waals surface area contributed by atoms with Crippen LogP contribution in [0.2, 0.25) is 0 Å². The maximum Gasteiger partial charge on any atom is 0.00669 e. The van der Waals surface area contributed by atoms with Gasteiger partial charge in [-0.15, -0.1) is 0 Å². The summed E-state index contributed by atoms with van der Waals surface area (Å²) in [5.41, 5.74) is 0. The van der Waals surface area contributed by atoms with E-state index in [1.54, 1.807) is 0 Å². The summed E-state index contributed by atoms with van der Waals surface area (Å²) < 4.78 is 0. The average Bonchev–Trinajstić information content (AvgIpc) is 2.11. The first kappa shape index (κ1) is 12.0. The molecule has 0 amide bonds. The lowest BCUT2D eigenvalue weighted by atomic mass is 9.98. The Hall–Kier alpha value is -0.0400. The SMILES string of the molecule is CCCNC(CC)CC(C)CC. The first-order chi connectivity index (χ1) is 5.74. The fraction of sp³-hybridized carbons (Fsp3) is 1.00. The van der Waals surface area contributed by atoms with Gasteiger partial charge in [-0.25, -0.2) is 0 Å². The van der Waals surface area contributed by atoms with Crippen molar-refractivity contribution in [3.63, 3.8) is 0 Å². The Kier molecular flexibility index (Phi) is 7.58. The quantitative estimate of drug-likeness (QED) is 0.620. The Morgan fingerprint density at radius 3 is 2.17 bits per heavy atom. The third kappa shape index (κ3) is 5.59. The molecule has 0 rings (SSSR count). The molecule has 0 aliphatic rings. The predicted octanol–water partition coefficient (Wildman–Crippen LogP) is 3.20. The zero-order chi connectivity index (χ0) is 9.40. The van der Waals surface area contributed by atoms with Crippen LogP contribution in [0.15, 0.2) is 0 Å². The highest BCUT2D eigenvalue weighted by molar-refractivity contribution is 4.67. The van der Waals surface area contributed by atoms with E-state index < -0.39 is 0 Å². The normalized spacial score (nSPS) is 16.0. The van der Waals surface area contributed by atoms with Crippen LogP contribution in [0.4, 0.5) is 0 Å². The maximum atomic E-state index is 3.58. The molecule has 0 aromatic carbocycles. The van der Waals surface area contributed by atoms with Crippen molar-refractivity contribution in [1.29, 1.82) is 0 Å². The zero-order valence-corrected chi connectivity index (χ0v) is 9.19. The van der Waals surface area contributed by atoms with E-state index in [-0.39, 0.29) is 0 Å². The number of nitrogens with one attached hydrogen (secondary N) is 1. The second-order valence-electron chi connectivity index (χ2n) is 3.81. The summed E-state index contributed by atoms with van der Waals surface area (Å²) in [6, 6.07) is 0.750. The number of hydrogen-bond donors (Lipinski definition) is 1. The van der Waals surface area contributed by atoms with Crippen molar-refractivity contribution in [3.8, 4) is 0 Å². The van der Waals surface area contributed by atoms with E-state index in [2.05, 4.69) is 33.0 Å². The van der Waals surface area contributed by atoms with Gasteiger partial charge in [-0.1, -0.05) is 34.1 Å². The molecule has 12 heavy (non-hydrogen) atoms. The molecule has 0 fully saturated rings. The highest BCUT2D eigenvalue weighted by Crippen LogP contribution is 2.11. The minimum Gasteiger partial charge on any atom is -0.314 e. The molecule has 0 aliphatic heterocycles. The van der Waals surface area contributed by atoms with Gasteiger partial charge in [0.1, 0.15) is 0 Å². The van der Waals surface area contributed by atoms with Gasteiger partial charge in [0.2, 0.25) is 0 Å². The van der Waals surface area contributed by atoms with Crippen LogP contribution in [-0.4, -0.2) is 12.6 Å². The lowest BCUT2D eigenvalue weighted by molar-refractivity contribution is 0.386. The van der Waals surface area contributed by atoms with Gasteiger partial charge >= 0.3 is 0 Å². The fourth-order valence-electron chi connectivity index (χ4n) is 1.40. The lowest BCUT2D eigenvalue weighted by Gasteiger charge is -2.19. The van der Waals surface area contributed by atoms with Crippen molar-refractivity contribution in [3.05, 3.63) is 0 Å². The van der Waals surface area contributed by atoms with Crippen molar-refractivity contribution in [2.24, 2.45) is 5.92 Å². The Balaban J connectivity index is 3.51. The van der Waals surface area contributed by atoms with E-state index in [9.17, 15) is 0 Å². The fourth-order valence-corrected chi connectivity index (χ4v) is 1.40. The molecule has 0 spiro atoms. The van der Waals surface area contributed by atoms with E-state index in [0.717, 1.165) is 12.0 Å². The molecule has 0 heterocycles. The average molecular weight is 171 g/mol. The Bertz CT molecular complexity index is 91.0. The molecular formula is C11H25N. The third-order valence-electron chi connectivity index (χ3n) is 2.56. The lowest BCUT2D eigenvalue weighted by Crippen LogP contribution is -2.30. The largest absolute Gasteiger partial charge is 0.314 e. The summed E-state index contributed by atoms with van der Waals surface area (Å²) in [4.78, 5) is 0.